The highest BCUT2D eigenvalue weighted by Crippen LogP contribution is 2.23. The number of piperidine rings is 1. The summed E-state index contributed by atoms with van der Waals surface area (Å²) in [5, 5.41) is 0. The van der Waals surface area contributed by atoms with Crippen molar-refractivity contribution in [3.63, 3.8) is 0 Å². The number of likely N-dealkylation sites (tertiary alicyclic amines) is 1. The second-order valence-corrected chi connectivity index (χ2v) is 10.3. The van der Waals surface area contributed by atoms with E-state index in [9.17, 15) is 14.4 Å². The predicted octanol–water partition coefficient (Wildman–Crippen LogP) is 1.52. The molecule has 1 aromatic carbocycles. The highest BCUT2D eigenvalue weighted by Gasteiger charge is 2.35. The zero-order valence-electron chi connectivity index (χ0n) is 23.1. The Morgan fingerprint density at radius 2 is 1.77 bits per heavy atom. The SMILES string of the molecule is CCOC(=O)C(C)N1CCN(CC2CN(c3ccc(C(N)=NC(=O)OC4CCN(C)CC4)cc3)C(=O)O2)CC1. The molecule has 0 bridgehead atoms. The third kappa shape index (κ3) is 7.68. The van der Waals surface area contributed by atoms with Crippen molar-refractivity contribution in [1.29, 1.82) is 0 Å². The van der Waals surface area contributed by atoms with Gasteiger partial charge in [-0.05, 0) is 58.0 Å². The third-order valence-electron chi connectivity index (χ3n) is 7.54. The summed E-state index contributed by atoms with van der Waals surface area (Å²) in [6, 6.07) is 6.71. The van der Waals surface area contributed by atoms with Crippen LogP contribution in [0.15, 0.2) is 29.3 Å². The molecule has 0 saturated carbocycles. The van der Waals surface area contributed by atoms with Crippen molar-refractivity contribution in [1.82, 2.24) is 14.7 Å². The van der Waals surface area contributed by atoms with Crippen molar-refractivity contribution in [2.75, 3.05) is 70.9 Å². The summed E-state index contributed by atoms with van der Waals surface area (Å²) in [5.41, 5.74) is 7.29. The van der Waals surface area contributed by atoms with Crippen LogP contribution in [0.5, 0.6) is 0 Å². The lowest BCUT2D eigenvalue weighted by atomic mass is 10.1. The quantitative estimate of drug-likeness (QED) is 0.222. The maximum atomic E-state index is 12.6. The molecule has 3 saturated heterocycles. The standard InChI is InChI=1S/C27H40N6O6/c1-4-37-25(34)19(2)32-15-13-31(14-16-32)17-23-18-33(27(36)39-23)21-7-5-20(6-8-21)24(28)29-26(35)38-22-9-11-30(3)12-10-22/h5-8,19,22-23H,4,9-18H2,1-3H3,(H2,28,29,35). The summed E-state index contributed by atoms with van der Waals surface area (Å²) < 4.78 is 16.2. The van der Waals surface area contributed by atoms with Crippen LogP contribution < -0.4 is 10.6 Å². The van der Waals surface area contributed by atoms with E-state index in [-0.39, 0.29) is 30.1 Å². The summed E-state index contributed by atoms with van der Waals surface area (Å²) in [5.74, 6) is -0.129. The maximum absolute atomic E-state index is 12.6. The highest BCUT2D eigenvalue weighted by atomic mass is 16.6. The molecule has 12 heteroatoms. The minimum absolute atomic E-state index is 0.0674. The molecule has 0 aliphatic carbocycles. The first-order valence-corrected chi connectivity index (χ1v) is 13.7. The molecule has 4 rings (SSSR count). The predicted molar refractivity (Wildman–Crippen MR) is 146 cm³/mol. The highest BCUT2D eigenvalue weighted by molar-refractivity contribution is 6.03. The summed E-state index contributed by atoms with van der Waals surface area (Å²) >= 11 is 0. The van der Waals surface area contributed by atoms with E-state index in [0.29, 0.717) is 30.9 Å². The fourth-order valence-electron chi connectivity index (χ4n) is 5.11. The van der Waals surface area contributed by atoms with Gasteiger partial charge in [-0.2, -0.15) is 4.99 Å². The van der Waals surface area contributed by atoms with E-state index in [2.05, 4.69) is 19.7 Å². The Morgan fingerprint density at radius 3 is 2.41 bits per heavy atom. The summed E-state index contributed by atoms with van der Waals surface area (Å²) in [7, 11) is 2.04. The summed E-state index contributed by atoms with van der Waals surface area (Å²) in [6.45, 7) is 9.95. The first-order chi connectivity index (χ1) is 18.7. The molecule has 3 heterocycles. The van der Waals surface area contributed by atoms with Gasteiger partial charge in [0.1, 0.15) is 24.1 Å². The number of carbonyl (C=O) groups is 3. The number of amides is 2. The van der Waals surface area contributed by atoms with Gasteiger partial charge in [-0.1, -0.05) is 0 Å². The number of rotatable bonds is 8. The Hall–Kier alpha value is -3.22. The van der Waals surface area contributed by atoms with E-state index >= 15 is 0 Å². The molecule has 3 aliphatic heterocycles. The van der Waals surface area contributed by atoms with Crippen LogP contribution in [-0.4, -0.2) is 123 Å². The number of anilines is 1. The maximum Gasteiger partial charge on any atom is 0.435 e. The van der Waals surface area contributed by atoms with Crippen molar-refractivity contribution in [3.05, 3.63) is 29.8 Å². The minimum Gasteiger partial charge on any atom is -0.465 e. The number of hydrogen-bond donors (Lipinski definition) is 1. The smallest absolute Gasteiger partial charge is 0.435 e. The average Bonchev–Trinajstić information content (AvgIpc) is 3.29. The van der Waals surface area contributed by atoms with Gasteiger partial charge in [0.15, 0.2) is 0 Å². The second kappa shape index (κ2) is 13.2. The van der Waals surface area contributed by atoms with Crippen LogP contribution in [0.1, 0.15) is 32.3 Å². The zero-order valence-corrected chi connectivity index (χ0v) is 23.1. The lowest BCUT2D eigenvalue weighted by Gasteiger charge is -2.37. The van der Waals surface area contributed by atoms with Crippen molar-refractivity contribution in [2.24, 2.45) is 10.7 Å². The molecule has 2 amide bonds. The van der Waals surface area contributed by atoms with Gasteiger partial charge in [0.05, 0.1) is 13.2 Å². The molecular formula is C27H40N6O6. The number of cyclic esters (lactones) is 1. The number of benzene rings is 1. The molecule has 2 unspecified atom stereocenters. The van der Waals surface area contributed by atoms with Gasteiger partial charge in [-0.3, -0.25) is 19.5 Å². The van der Waals surface area contributed by atoms with Gasteiger partial charge in [0, 0.05) is 57.1 Å². The number of carbonyl (C=O) groups excluding carboxylic acids is 3. The Labute approximate surface area is 229 Å². The van der Waals surface area contributed by atoms with Crippen LogP contribution in [0.2, 0.25) is 0 Å². The van der Waals surface area contributed by atoms with Gasteiger partial charge in [-0.15, -0.1) is 0 Å². The lowest BCUT2D eigenvalue weighted by Crippen LogP contribution is -2.53. The molecule has 0 aromatic heterocycles. The molecular weight excluding hydrogens is 504 g/mol. The molecule has 0 radical (unpaired) electrons. The number of esters is 1. The molecule has 2 atom stereocenters. The molecule has 3 aliphatic rings. The molecule has 0 spiro atoms. The number of amidine groups is 1. The summed E-state index contributed by atoms with van der Waals surface area (Å²) in [6.07, 6.45) is 0.0823. The van der Waals surface area contributed by atoms with E-state index in [0.717, 1.165) is 52.1 Å². The molecule has 1 aromatic rings. The van der Waals surface area contributed by atoms with Crippen LogP contribution in [0.4, 0.5) is 15.3 Å². The van der Waals surface area contributed by atoms with Gasteiger partial charge < -0.3 is 24.8 Å². The number of ether oxygens (including phenoxy) is 3. The van der Waals surface area contributed by atoms with Crippen LogP contribution >= 0.6 is 0 Å². The number of nitrogens with two attached hydrogens (primary N) is 1. The first-order valence-electron chi connectivity index (χ1n) is 13.7. The van der Waals surface area contributed by atoms with Crippen molar-refractivity contribution >= 4 is 29.7 Å². The number of piperazine rings is 1. The van der Waals surface area contributed by atoms with Crippen LogP contribution in [0, 0.1) is 0 Å². The lowest BCUT2D eigenvalue weighted by molar-refractivity contribution is -0.149. The van der Waals surface area contributed by atoms with Gasteiger partial charge in [0.25, 0.3) is 0 Å². The van der Waals surface area contributed by atoms with Crippen LogP contribution in [0.25, 0.3) is 0 Å². The largest absolute Gasteiger partial charge is 0.465 e. The monoisotopic (exact) mass is 544 g/mol. The summed E-state index contributed by atoms with van der Waals surface area (Å²) in [4.78, 5) is 48.9. The first kappa shape index (κ1) is 28.8. The average molecular weight is 545 g/mol. The van der Waals surface area contributed by atoms with E-state index < -0.39 is 12.2 Å². The van der Waals surface area contributed by atoms with Gasteiger partial charge in [-0.25, -0.2) is 9.59 Å². The third-order valence-corrected chi connectivity index (χ3v) is 7.54. The Morgan fingerprint density at radius 1 is 1.10 bits per heavy atom. The van der Waals surface area contributed by atoms with Crippen molar-refractivity contribution in [3.8, 4) is 0 Å². The zero-order chi connectivity index (χ0) is 27.9. The fraction of sp³-hybridized carbons (Fsp3) is 0.630. The second-order valence-electron chi connectivity index (χ2n) is 10.3. The number of hydrogen-bond acceptors (Lipinski definition) is 9. The van der Waals surface area contributed by atoms with E-state index in [1.165, 1.54) is 0 Å². The Bertz CT molecular complexity index is 1030. The number of nitrogens with zero attached hydrogens (tertiary/aromatic N) is 5. The van der Waals surface area contributed by atoms with Crippen LogP contribution in [-0.2, 0) is 19.0 Å². The van der Waals surface area contributed by atoms with E-state index in [4.69, 9.17) is 19.9 Å². The molecule has 39 heavy (non-hydrogen) atoms. The van der Waals surface area contributed by atoms with Crippen LogP contribution in [0.3, 0.4) is 0 Å². The molecule has 12 nitrogen and oxygen atoms in total. The Kier molecular flexibility index (Phi) is 9.76. The minimum atomic E-state index is -0.687. The van der Waals surface area contributed by atoms with Crippen molar-refractivity contribution < 1.29 is 28.6 Å². The van der Waals surface area contributed by atoms with Gasteiger partial charge >= 0.3 is 18.2 Å². The van der Waals surface area contributed by atoms with Crippen molar-refractivity contribution in [2.45, 2.75) is 44.9 Å². The topological polar surface area (TPSA) is 130 Å². The Balaban J connectivity index is 1.25. The van der Waals surface area contributed by atoms with Gasteiger partial charge in [0.2, 0.25) is 0 Å². The number of aliphatic imine (C=N–C) groups is 1. The van der Waals surface area contributed by atoms with E-state index in [1.54, 1.807) is 29.2 Å². The normalized spacial score (nSPS) is 22.9. The molecule has 2 N–H and O–H groups in total. The fourth-order valence-corrected chi connectivity index (χ4v) is 5.11. The van der Waals surface area contributed by atoms with E-state index in [1.807, 2.05) is 20.9 Å². The molecule has 3 fully saturated rings. The molecule has 214 valence electrons.